The van der Waals surface area contributed by atoms with Crippen LogP contribution in [-0.4, -0.2) is 34.4 Å². The molecule has 0 bridgehead atoms. The smallest absolute Gasteiger partial charge is 0.159 e. The van der Waals surface area contributed by atoms with Gasteiger partial charge in [0.15, 0.2) is 5.82 Å². The maximum absolute atomic E-state index is 6.04. The molecule has 0 saturated carbocycles. The van der Waals surface area contributed by atoms with Crippen molar-refractivity contribution in [3.63, 3.8) is 0 Å². The fourth-order valence-corrected chi connectivity index (χ4v) is 3.25. The average molecular weight is 320 g/mol. The van der Waals surface area contributed by atoms with Gasteiger partial charge in [-0.1, -0.05) is 24.3 Å². The van der Waals surface area contributed by atoms with E-state index >= 15 is 0 Å². The highest BCUT2D eigenvalue weighted by Crippen LogP contribution is 2.28. The SMILES string of the molecule is Cc1nnc(N2CCC(Oc3ccncc3)CC2)c2ccccc12. The lowest BCUT2D eigenvalue weighted by Gasteiger charge is -2.33. The Morgan fingerprint density at radius 1 is 0.958 bits per heavy atom. The van der Waals surface area contributed by atoms with Gasteiger partial charge in [-0.15, -0.1) is 5.10 Å². The molecule has 1 saturated heterocycles. The molecule has 1 fully saturated rings. The van der Waals surface area contributed by atoms with Gasteiger partial charge in [-0.05, 0) is 19.1 Å². The molecule has 3 aromatic rings. The normalized spacial score (nSPS) is 15.6. The Bertz CT molecular complexity index is 829. The lowest BCUT2D eigenvalue weighted by molar-refractivity contribution is 0.170. The molecule has 4 rings (SSSR count). The number of hydrogen-bond donors (Lipinski definition) is 0. The van der Waals surface area contributed by atoms with Crippen molar-refractivity contribution in [2.24, 2.45) is 0 Å². The molecule has 0 atom stereocenters. The van der Waals surface area contributed by atoms with Crippen LogP contribution < -0.4 is 9.64 Å². The van der Waals surface area contributed by atoms with Crippen LogP contribution in [0.4, 0.5) is 5.82 Å². The van der Waals surface area contributed by atoms with Crippen molar-refractivity contribution in [3.8, 4) is 5.75 Å². The molecule has 5 nitrogen and oxygen atoms in total. The van der Waals surface area contributed by atoms with Gasteiger partial charge < -0.3 is 9.64 Å². The predicted molar refractivity (Wildman–Crippen MR) is 94.4 cm³/mol. The lowest BCUT2D eigenvalue weighted by atomic mass is 10.1. The molecule has 0 aliphatic carbocycles. The van der Waals surface area contributed by atoms with Crippen LogP contribution in [0.2, 0.25) is 0 Å². The van der Waals surface area contributed by atoms with Crippen molar-refractivity contribution in [1.82, 2.24) is 15.2 Å². The Morgan fingerprint density at radius 3 is 2.42 bits per heavy atom. The Kier molecular flexibility index (Phi) is 3.99. The molecule has 122 valence electrons. The van der Waals surface area contributed by atoms with Crippen molar-refractivity contribution in [2.75, 3.05) is 18.0 Å². The van der Waals surface area contributed by atoms with Gasteiger partial charge in [-0.25, -0.2) is 0 Å². The van der Waals surface area contributed by atoms with E-state index in [1.54, 1.807) is 12.4 Å². The van der Waals surface area contributed by atoms with Gasteiger partial charge in [0.1, 0.15) is 11.9 Å². The van der Waals surface area contributed by atoms with Gasteiger partial charge in [0.05, 0.1) is 5.69 Å². The molecule has 5 heteroatoms. The fourth-order valence-electron chi connectivity index (χ4n) is 3.25. The highest BCUT2D eigenvalue weighted by Gasteiger charge is 2.23. The minimum absolute atomic E-state index is 0.244. The number of benzene rings is 1. The third kappa shape index (κ3) is 2.89. The summed E-state index contributed by atoms with van der Waals surface area (Å²) in [6.45, 7) is 3.86. The summed E-state index contributed by atoms with van der Waals surface area (Å²) >= 11 is 0. The van der Waals surface area contributed by atoms with Crippen LogP contribution >= 0.6 is 0 Å². The standard InChI is InChI=1S/C19H20N4O/c1-14-17-4-2-3-5-18(17)19(22-21-14)23-12-8-16(9-13-23)24-15-6-10-20-11-7-15/h2-7,10-11,16H,8-9,12-13H2,1H3. The van der Waals surface area contributed by atoms with Crippen molar-refractivity contribution < 1.29 is 4.74 Å². The van der Waals surface area contributed by atoms with Gasteiger partial charge in [-0.2, -0.15) is 5.10 Å². The van der Waals surface area contributed by atoms with E-state index in [1.165, 1.54) is 10.8 Å². The summed E-state index contributed by atoms with van der Waals surface area (Å²) in [4.78, 5) is 6.34. The van der Waals surface area contributed by atoms with Crippen LogP contribution in [0.15, 0.2) is 48.8 Å². The van der Waals surface area contributed by atoms with E-state index in [2.05, 4.69) is 44.3 Å². The van der Waals surface area contributed by atoms with E-state index in [-0.39, 0.29) is 6.10 Å². The Labute approximate surface area is 141 Å². The topological polar surface area (TPSA) is 51.1 Å². The van der Waals surface area contributed by atoms with Crippen LogP contribution in [-0.2, 0) is 0 Å². The Morgan fingerprint density at radius 2 is 1.67 bits per heavy atom. The molecule has 1 aliphatic rings. The molecule has 0 radical (unpaired) electrons. The van der Waals surface area contributed by atoms with Gasteiger partial charge >= 0.3 is 0 Å². The molecule has 1 aromatic carbocycles. The summed E-state index contributed by atoms with van der Waals surface area (Å²) in [7, 11) is 0. The number of rotatable bonds is 3. The second kappa shape index (κ2) is 6.43. The zero-order valence-corrected chi connectivity index (χ0v) is 13.7. The number of piperidine rings is 1. The summed E-state index contributed by atoms with van der Waals surface area (Å²) in [6.07, 6.45) is 5.73. The summed E-state index contributed by atoms with van der Waals surface area (Å²) in [5, 5.41) is 11.2. The van der Waals surface area contributed by atoms with E-state index in [0.717, 1.165) is 43.2 Å². The molecule has 0 spiro atoms. The highest BCUT2D eigenvalue weighted by molar-refractivity contribution is 5.93. The van der Waals surface area contributed by atoms with Crippen LogP contribution in [0.25, 0.3) is 10.8 Å². The van der Waals surface area contributed by atoms with Gasteiger partial charge in [0.2, 0.25) is 0 Å². The first-order valence-corrected chi connectivity index (χ1v) is 8.35. The number of pyridine rings is 1. The van der Waals surface area contributed by atoms with Crippen molar-refractivity contribution in [3.05, 3.63) is 54.5 Å². The van der Waals surface area contributed by atoms with Gasteiger partial charge in [0.25, 0.3) is 0 Å². The molecule has 0 unspecified atom stereocenters. The first-order valence-electron chi connectivity index (χ1n) is 8.35. The van der Waals surface area contributed by atoms with Crippen molar-refractivity contribution in [1.29, 1.82) is 0 Å². The number of aryl methyl sites for hydroxylation is 1. The van der Waals surface area contributed by atoms with Crippen LogP contribution in [0.3, 0.4) is 0 Å². The van der Waals surface area contributed by atoms with E-state index in [0.29, 0.717) is 0 Å². The maximum Gasteiger partial charge on any atom is 0.159 e. The molecular weight excluding hydrogens is 300 g/mol. The van der Waals surface area contributed by atoms with Crippen LogP contribution in [0.5, 0.6) is 5.75 Å². The monoisotopic (exact) mass is 320 g/mol. The van der Waals surface area contributed by atoms with Crippen LogP contribution in [0.1, 0.15) is 18.5 Å². The maximum atomic E-state index is 6.04. The number of ether oxygens (including phenoxy) is 1. The Balaban J connectivity index is 1.49. The summed E-state index contributed by atoms with van der Waals surface area (Å²) < 4.78 is 6.04. The predicted octanol–water partition coefficient (Wildman–Crippen LogP) is 3.38. The molecule has 1 aliphatic heterocycles. The first-order chi connectivity index (χ1) is 11.8. The van der Waals surface area contributed by atoms with Crippen LogP contribution in [0, 0.1) is 6.92 Å². The van der Waals surface area contributed by atoms with Gasteiger partial charge in [-0.3, -0.25) is 4.98 Å². The third-order valence-corrected chi connectivity index (χ3v) is 4.55. The molecule has 0 amide bonds. The molecule has 24 heavy (non-hydrogen) atoms. The molecule has 3 heterocycles. The van der Waals surface area contributed by atoms with Gasteiger partial charge in [0, 0.05) is 49.1 Å². The minimum Gasteiger partial charge on any atom is -0.490 e. The molecular formula is C19H20N4O. The summed E-state index contributed by atoms with van der Waals surface area (Å²) in [6, 6.07) is 12.2. The van der Waals surface area contributed by atoms with Crippen molar-refractivity contribution in [2.45, 2.75) is 25.9 Å². The number of aromatic nitrogens is 3. The number of fused-ring (bicyclic) bond motifs is 1. The van der Waals surface area contributed by atoms with E-state index in [1.807, 2.05) is 19.1 Å². The van der Waals surface area contributed by atoms with E-state index in [4.69, 9.17) is 4.74 Å². The summed E-state index contributed by atoms with van der Waals surface area (Å²) in [5.41, 5.74) is 0.977. The largest absolute Gasteiger partial charge is 0.490 e. The quantitative estimate of drug-likeness (QED) is 0.740. The zero-order valence-electron chi connectivity index (χ0n) is 13.7. The first kappa shape index (κ1) is 14.9. The van der Waals surface area contributed by atoms with E-state index < -0.39 is 0 Å². The van der Waals surface area contributed by atoms with Crippen molar-refractivity contribution >= 4 is 16.6 Å². The number of hydrogen-bond acceptors (Lipinski definition) is 5. The Hall–Kier alpha value is -2.69. The number of nitrogens with zero attached hydrogens (tertiary/aromatic N) is 4. The lowest BCUT2D eigenvalue weighted by Crippen LogP contribution is -2.39. The highest BCUT2D eigenvalue weighted by atomic mass is 16.5. The average Bonchev–Trinajstić information content (AvgIpc) is 2.64. The molecule has 2 aromatic heterocycles. The number of anilines is 1. The fraction of sp³-hybridized carbons (Fsp3) is 0.316. The molecule has 0 N–H and O–H groups in total. The summed E-state index contributed by atoms with van der Waals surface area (Å²) in [5.74, 6) is 1.88. The second-order valence-corrected chi connectivity index (χ2v) is 6.14. The zero-order chi connectivity index (χ0) is 16.4. The van der Waals surface area contributed by atoms with E-state index in [9.17, 15) is 0 Å². The second-order valence-electron chi connectivity index (χ2n) is 6.14. The third-order valence-electron chi connectivity index (χ3n) is 4.55. The minimum atomic E-state index is 0.244.